The first kappa shape index (κ1) is 12.0. The second-order valence-corrected chi connectivity index (χ2v) is 6.32. The number of rotatable bonds is 2. The van der Waals surface area contributed by atoms with Gasteiger partial charge in [0.2, 0.25) is 5.91 Å². The van der Waals surface area contributed by atoms with E-state index in [1.165, 1.54) is 11.3 Å². The van der Waals surface area contributed by atoms with Gasteiger partial charge in [0.1, 0.15) is 13.2 Å². The summed E-state index contributed by atoms with van der Waals surface area (Å²) in [5.41, 5.74) is 0.832. The van der Waals surface area contributed by atoms with Crippen molar-refractivity contribution in [3.8, 4) is 11.5 Å². The molecular weight excluding hydrogens is 276 g/mol. The maximum absolute atomic E-state index is 11.9. The lowest BCUT2D eigenvalue weighted by Crippen LogP contribution is -2.15. The molecule has 20 heavy (non-hydrogen) atoms. The maximum atomic E-state index is 11.9. The van der Waals surface area contributed by atoms with E-state index in [9.17, 15) is 4.79 Å². The predicted molar refractivity (Wildman–Crippen MR) is 76.5 cm³/mol. The van der Waals surface area contributed by atoms with Gasteiger partial charge in [0.15, 0.2) is 16.6 Å². The molecule has 0 unspecified atom stereocenters. The van der Waals surface area contributed by atoms with E-state index in [1.807, 2.05) is 12.1 Å². The van der Waals surface area contributed by atoms with Crippen LogP contribution < -0.4 is 14.8 Å². The summed E-state index contributed by atoms with van der Waals surface area (Å²) in [4.78, 5) is 16.4. The number of carbonyl (C=O) groups excluding carboxylic acids is 1. The molecule has 2 heterocycles. The van der Waals surface area contributed by atoms with Crippen molar-refractivity contribution in [2.24, 2.45) is 11.8 Å². The topological polar surface area (TPSA) is 60.5 Å². The number of amides is 1. The van der Waals surface area contributed by atoms with Crippen LogP contribution in [0.1, 0.15) is 13.3 Å². The van der Waals surface area contributed by atoms with Crippen LogP contribution >= 0.6 is 11.3 Å². The zero-order chi connectivity index (χ0) is 13.7. The average molecular weight is 290 g/mol. The number of ether oxygens (including phenoxy) is 2. The summed E-state index contributed by atoms with van der Waals surface area (Å²) in [7, 11) is 0. The average Bonchev–Trinajstić information content (AvgIpc) is 3.04. The Bertz CT molecular complexity index is 654. The highest BCUT2D eigenvalue weighted by Gasteiger charge is 2.39. The molecule has 1 fully saturated rings. The van der Waals surface area contributed by atoms with Crippen molar-refractivity contribution in [3.63, 3.8) is 0 Å². The summed E-state index contributed by atoms with van der Waals surface area (Å²) in [6, 6.07) is 3.80. The molecule has 4 rings (SSSR count). The van der Waals surface area contributed by atoms with Crippen LogP contribution in [0.15, 0.2) is 12.1 Å². The van der Waals surface area contributed by atoms with Crippen LogP contribution in [0.3, 0.4) is 0 Å². The van der Waals surface area contributed by atoms with Gasteiger partial charge < -0.3 is 14.8 Å². The lowest BCUT2D eigenvalue weighted by Gasteiger charge is -2.17. The zero-order valence-corrected chi connectivity index (χ0v) is 11.8. The van der Waals surface area contributed by atoms with Crippen LogP contribution in [-0.4, -0.2) is 24.1 Å². The van der Waals surface area contributed by atoms with Crippen LogP contribution in [0.4, 0.5) is 5.13 Å². The molecule has 2 aromatic rings. The summed E-state index contributed by atoms with van der Waals surface area (Å²) in [6.45, 7) is 3.22. The van der Waals surface area contributed by atoms with Gasteiger partial charge in [-0.2, -0.15) is 0 Å². The Morgan fingerprint density at radius 1 is 1.35 bits per heavy atom. The molecule has 0 spiro atoms. The van der Waals surface area contributed by atoms with Gasteiger partial charge in [-0.15, -0.1) is 0 Å². The lowest BCUT2D eigenvalue weighted by atomic mass is 10.3. The fraction of sp³-hybridized carbons (Fsp3) is 0.429. The van der Waals surface area contributed by atoms with Crippen molar-refractivity contribution in [3.05, 3.63) is 12.1 Å². The van der Waals surface area contributed by atoms with E-state index in [1.54, 1.807) is 0 Å². The minimum absolute atomic E-state index is 0.0776. The lowest BCUT2D eigenvalue weighted by molar-refractivity contribution is -0.117. The fourth-order valence-electron chi connectivity index (χ4n) is 2.40. The van der Waals surface area contributed by atoms with Gasteiger partial charge in [0, 0.05) is 18.1 Å². The Kier molecular flexibility index (Phi) is 2.60. The first-order valence-electron chi connectivity index (χ1n) is 6.72. The largest absolute Gasteiger partial charge is 0.486 e. The summed E-state index contributed by atoms with van der Waals surface area (Å²) < 4.78 is 12.1. The number of aromatic nitrogens is 1. The minimum Gasteiger partial charge on any atom is -0.486 e. The first-order chi connectivity index (χ1) is 9.70. The van der Waals surface area contributed by atoms with E-state index in [0.29, 0.717) is 24.3 Å². The molecule has 6 heteroatoms. The maximum Gasteiger partial charge on any atom is 0.229 e. The number of carbonyl (C=O) groups is 1. The molecule has 1 aliphatic carbocycles. The predicted octanol–water partition coefficient (Wildman–Crippen LogP) is 2.66. The highest BCUT2D eigenvalue weighted by atomic mass is 32.1. The molecule has 5 nitrogen and oxygen atoms in total. The summed E-state index contributed by atoms with van der Waals surface area (Å²) >= 11 is 1.47. The molecule has 1 aliphatic heterocycles. The monoisotopic (exact) mass is 290 g/mol. The first-order valence-corrected chi connectivity index (χ1v) is 7.53. The highest BCUT2D eigenvalue weighted by molar-refractivity contribution is 7.22. The molecule has 2 aliphatic rings. The van der Waals surface area contributed by atoms with Gasteiger partial charge in [-0.1, -0.05) is 18.3 Å². The summed E-state index contributed by atoms with van der Waals surface area (Å²) in [5.74, 6) is 2.21. The quantitative estimate of drug-likeness (QED) is 0.923. The zero-order valence-electron chi connectivity index (χ0n) is 11.0. The van der Waals surface area contributed by atoms with Crippen molar-refractivity contribution in [1.82, 2.24) is 4.98 Å². The number of hydrogen-bond acceptors (Lipinski definition) is 5. The number of anilines is 1. The Morgan fingerprint density at radius 3 is 2.75 bits per heavy atom. The molecule has 104 valence electrons. The van der Waals surface area contributed by atoms with Gasteiger partial charge in [0.05, 0.1) is 10.2 Å². The Labute approximate surface area is 119 Å². The van der Waals surface area contributed by atoms with Crippen LogP contribution in [-0.2, 0) is 4.79 Å². The second-order valence-electron chi connectivity index (χ2n) is 5.29. The van der Waals surface area contributed by atoms with E-state index in [4.69, 9.17) is 9.47 Å². The number of fused-ring (bicyclic) bond motifs is 2. The van der Waals surface area contributed by atoms with Crippen molar-refractivity contribution in [2.75, 3.05) is 18.5 Å². The summed E-state index contributed by atoms with van der Waals surface area (Å²) in [5, 5.41) is 3.55. The number of nitrogens with zero attached hydrogens (tertiary/aromatic N) is 1. The molecule has 1 amide bonds. The Balaban J connectivity index is 1.63. The molecular formula is C14H14N2O3S. The van der Waals surface area contributed by atoms with Gasteiger partial charge >= 0.3 is 0 Å². The number of thiazole rings is 1. The van der Waals surface area contributed by atoms with Gasteiger partial charge in [-0.05, 0) is 12.3 Å². The van der Waals surface area contributed by atoms with Crippen molar-refractivity contribution in [2.45, 2.75) is 13.3 Å². The number of benzene rings is 1. The van der Waals surface area contributed by atoms with E-state index in [0.717, 1.165) is 28.1 Å². The van der Waals surface area contributed by atoms with Crippen LogP contribution in [0.25, 0.3) is 10.2 Å². The standard InChI is InChI=1S/C14H14N2O3S/c1-7-4-8(7)13(17)16-14-15-9-5-10-11(6-12(9)20-14)19-3-2-18-10/h5-8H,2-4H2,1H3,(H,15,16,17)/t7-,8+/m1/s1. The van der Waals surface area contributed by atoms with Gasteiger partial charge in [-0.3, -0.25) is 4.79 Å². The Morgan fingerprint density at radius 2 is 2.05 bits per heavy atom. The van der Waals surface area contributed by atoms with Crippen molar-refractivity contribution in [1.29, 1.82) is 0 Å². The molecule has 2 atom stereocenters. The fourth-order valence-corrected chi connectivity index (χ4v) is 3.28. The van der Waals surface area contributed by atoms with E-state index < -0.39 is 0 Å². The van der Waals surface area contributed by atoms with Gasteiger partial charge in [0.25, 0.3) is 0 Å². The third-order valence-corrected chi connectivity index (χ3v) is 4.66. The molecule has 1 aromatic carbocycles. The third-order valence-electron chi connectivity index (χ3n) is 3.73. The molecule has 0 radical (unpaired) electrons. The van der Waals surface area contributed by atoms with Crippen LogP contribution in [0.5, 0.6) is 11.5 Å². The highest BCUT2D eigenvalue weighted by Crippen LogP contribution is 2.40. The van der Waals surface area contributed by atoms with Crippen molar-refractivity contribution < 1.29 is 14.3 Å². The summed E-state index contributed by atoms with van der Waals surface area (Å²) in [6.07, 6.45) is 0.979. The molecule has 0 saturated heterocycles. The molecule has 1 N–H and O–H groups in total. The molecule has 1 saturated carbocycles. The molecule has 1 aromatic heterocycles. The SMILES string of the molecule is C[C@@H]1C[C@@H]1C(=O)Nc1nc2cc3c(cc2s1)OCCO3. The minimum atomic E-state index is 0.0776. The number of hydrogen-bond donors (Lipinski definition) is 1. The van der Waals surface area contributed by atoms with E-state index in [2.05, 4.69) is 17.2 Å². The Hall–Kier alpha value is -1.82. The molecule has 0 bridgehead atoms. The third kappa shape index (κ3) is 2.00. The smallest absolute Gasteiger partial charge is 0.229 e. The van der Waals surface area contributed by atoms with E-state index in [-0.39, 0.29) is 11.8 Å². The van der Waals surface area contributed by atoms with Crippen molar-refractivity contribution >= 4 is 32.6 Å². The van der Waals surface area contributed by atoms with Crippen LogP contribution in [0.2, 0.25) is 0 Å². The second kappa shape index (κ2) is 4.34. The van der Waals surface area contributed by atoms with E-state index >= 15 is 0 Å². The number of nitrogens with one attached hydrogen (secondary N) is 1. The van der Waals surface area contributed by atoms with Crippen LogP contribution in [0, 0.1) is 11.8 Å². The van der Waals surface area contributed by atoms with Gasteiger partial charge in [-0.25, -0.2) is 4.98 Å². The normalized spacial score (nSPS) is 23.6.